The van der Waals surface area contributed by atoms with E-state index in [0.29, 0.717) is 0 Å². The average Bonchev–Trinajstić information content (AvgIpc) is 2.28. The Morgan fingerprint density at radius 3 is 2.62 bits per heavy atom. The van der Waals surface area contributed by atoms with Gasteiger partial charge in [0.1, 0.15) is 0 Å². The van der Waals surface area contributed by atoms with Gasteiger partial charge in [-0.2, -0.15) is 0 Å². The number of hydrogen-bond acceptors (Lipinski definition) is 1. The van der Waals surface area contributed by atoms with E-state index in [4.69, 9.17) is 0 Å². The van der Waals surface area contributed by atoms with Crippen LogP contribution in [0.1, 0.15) is 5.56 Å². The van der Waals surface area contributed by atoms with Crippen LogP contribution in [0.15, 0.2) is 53.0 Å². The van der Waals surface area contributed by atoms with E-state index < -0.39 is 0 Å². The zero-order valence-electron chi connectivity index (χ0n) is 8.58. The lowest BCUT2D eigenvalue weighted by Crippen LogP contribution is -2.00. The van der Waals surface area contributed by atoms with Gasteiger partial charge < -0.3 is 5.32 Å². The summed E-state index contributed by atoms with van der Waals surface area (Å²) in [6, 6.07) is 16.6. The lowest BCUT2D eigenvalue weighted by molar-refractivity contribution is 1.14. The third-order valence-corrected chi connectivity index (χ3v) is 3.68. The molecule has 0 saturated heterocycles. The van der Waals surface area contributed by atoms with E-state index in [2.05, 4.69) is 74.2 Å². The number of anilines is 1. The minimum absolute atomic E-state index is 0.847. The van der Waals surface area contributed by atoms with Crippen LogP contribution in [-0.4, -0.2) is 0 Å². The highest BCUT2D eigenvalue weighted by atomic mass is 127. The Morgan fingerprint density at radius 1 is 1.06 bits per heavy atom. The van der Waals surface area contributed by atoms with Crippen LogP contribution in [0.2, 0.25) is 0 Å². The van der Waals surface area contributed by atoms with Crippen molar-refractivity contribution in [2.24, 2.45) is 0 Å². The van der Waals surface area contributed by atoms with Crippen LogP contribution in [0, 0.1) is 3.57 Å². The van der Waals surface area contributed by atoms with E-state index in [1.54, 1.807) is 0 Å². The average molecular weight is 388 g/mol. The summed E-state index contributed by atoms with van der Waals surface area (Å²) in [4.78, 5) is 0. The molecule has 0 heterocycles. The maximum absolute atomic E-state index is 3.47. The van der Waals surface area contributed by atoms with Gasteiger partial charge in [0.25, 0.3) is 0 Å². The largest absolute Gasteiger partial charge is 0.380 e. The number of para-hydroxylation sites is 1. The van der Waals surface area contributed by atoms with Gasteiger partial charge in [-0.15, -0.1) is 0 Å². The van der Waals surface area contributed by atoms with Gasteiger partial charge in [0.05, 0.1) is 0 Å². The second-order valence-electron chi connectivity index (χ2n) is 3.46. The molecule has 16 heavy (non-hydrogen) atoms. The highest BCUT2D eigenvalue weighted by Crippen LogP contribution is 2.18. The first-order valence-corrected chi connectivity index (χ1v) is 6.86. The Balaban J connectivity index is 2.05. The zero-order valence-corrected chi connectivity index (χ0v) is 12.3. The van der Waals surface area contributed by atoms with Gasteiger partial charge in [0, 0.05) is 20.3 Å². The molecule has 0 amide bonds. The quantitative estimate of drug-likeness (QED) is 0.755. The van der Waals surface area contributed by atoms with E-state index in [-0.39, 0.29) is 0 Å². The SMILES string of the molecule is Brc1cccc(CNc2ccccc2I)c1. The Labute approximate surface area is 118 Å². The van der Waals surface area contributed by atoms with Gasteiger partial charge in [-0.1, -0.05) is 40.2 Å². The second-order valence-corrected chi connectivity index (χ2v) is 5.54. The molecule has 2 aromatic rings. The third-order valence-electron chi connectivity index (χ3n) is 2.25. The molecule has 1 N–H and O–H groups in total. The van der Waals surface area contributed by atoms with Crippen LogP contribution in [-0.2, 0) is 6.54 Å². The molecule has 0 unspecified atom stereocenters. The molecule has 0 atom stereocenters. The van der Waals surface area contributed by atoms with Crippen LogP contribution in [0.4, 0.5) is 5.69 Å². The summed E-state index contributed by atoms with van der Waals surface area (Å²) in [6.07, 6.45) is 0. The summed E-state index contributed by atoms with van der Waals surface area (Å²) < 4.78 is 2.37. The Kier molecular flexibility index (Phi) is 4.23. The first-order valence-electron chi connectivity index (χ1n) is 4.98. The van der Waals surface area contributed by atoms with Gasteiger partial charge in [0.15, 0.2) is 0 Å². The lowest BCUT2D eigenvalue weighted by atomic mass is 10.2. The van der Waals surface area contributed by atoms with Crippen LogP contribution in [0.5, 0.6) is 0 Å². The van der Waals surface area contributed by atoms with Gasteiger partial charge in [-0.05, 0) is 52.4 Å². The molecule has 2 rings (SSSR count). The molecule has 2 aromatic carbocycles. The molecule has 1 nitrogen and oxygen atoms in total. The van der Waals surface area contributed by atoms with Crippen molar-refractivity contribution in [2.45, 2.75) is 6.54 Å². The van der Waals surface area contributed by atoms with Crippen molar-refractivity contribution in [1.82, 2.24) is 0 Å². The summed E-state index contributed by atoms with van der Waals surface area (Å²) in [5, 5.41) is 3.43. The van der Waals surface area contributed by atoms with Crippen molar-refractivity contribution in [1.29, 1.82) is 0 Å². The first-order chi connectivity index (χ1) is 7.75. The molecule has 0 spiro atoms. The van der Waals surface area contributed by atoms with Gasteiger partial charge in [-0.3, -0.25) is 0 Å². The van der Waals surface area contributed by atoms with E-state index in [1.165, 1.54) is 14.8 Å². The van der Waals surface area contributed by atoms with Crippen molar-refractivity contribution in [3.8, 4) is 0 Å². The maximum Gasteiger partial charge on any atom is 0.0478 e. The number of hydrogen-bond donors (Lipinski definition) is 1. The predicted octanol–water partition coefficient (Wildman–Crippen LogP) is 4.67. The van der Waals surface area contributed by atoms with E-state index in [9.17, 15) is 0 Å². The molecule has 82 valence electrons. The molecule has 0 bridgehead atoms. The Hall–Kier alpha value is -0.550. The number of benzene rings is 2. The first kappa shape index (κ1) is 11.9. The normalized spacial score (nSPS) is 10.1. The summed E-state index contributed by atoms with van der Waals surface area (Å²) in [7, 11) is 0. The van der Waals surface area contributed by atoms with E-state index in [1.807, 2.05) is 18.2 Å². The fourth-order valence-corrected chi connectivity index (χ4v) is 2.47. The van der Waals surface area contributed by atoms with Gasteiger partial charge in [0.2, 0.25) is 0 Å². The number of nitrogens with one attached hydrogen (secondary N) is 1. The third kappa shape index (κ3) is 3.22. The minimum atomic E-state index is 0.847. The Bertz CT molecular complexity index is 485. The summed E-state index contributed by atoms with van der Waals surface area (Å²) >= 11 is 5.81. The topological polar surface area (TPSA) is 12.0 Å². The van der Waals surface area contributed by atoms with Crippen molar-refractivity contribution in [3.63, 3.8) is 0 Å². The maximum atomic E-state index is 3.47. The standard InChI is InChI=1S/C13H11BrIN/c14-11-5-3-4-10(8-11)9-16-13-7-2-1-6-12(13)15/h1-8,16H,9H2. The molecule has 0 aliphatic carbocycles. The highest BCUT2D eigenvalue weighted by molar-refractivity contribution is 14.1. The zero-order chi connectivity index (χ0) is 11.4. The fourth-order valence-electron chi connectivity index (χ4n) is 1.45. The number of halogens is 2. The van der Waals surface area contributed by atoms with Crippen LogP contribution in [0.25, 0.3) is 0 Å². The Morgan fingerprint density at radius 2 is 1.88 bits per heavy atom. The molecule has 3 heteroatoms. The minimum Gasteiger partial charge on any atom is -0.380 e. The summed E-state index contributed by atoms with van der Waals surface area (Å²) in [5.41, 5.74) is 2.46. The molecule has 0 aliphatic heterocycles. The smallest absolute Gasteiger partial charge is 0.0478 e. The molecular formula is C13H11BrIN. The molecule has 0 radical (unpaired) electrons. The fraction of sp³-hybridized carbons (Fsp3) is 0.0769. The number of rotatable bonds is 3. The predicted molar refractivity (Wildman–Crippen MR) is 80.6 cm³/mol. The van der Waals surface area contributed by atoms with Crippen molar-refractivity contribution in [2.75, 3.05) is 5.32 Å². The highest BCUT2D eigenvalue weighted by Gasteiger charge is 1.98. The van der Waals surface area contributed by atoms with E-state index >= 15 is 0 Å². The van der Waals surface area contributed by atoms with Crippen LogP contribution >= 0.6 is 38.5 Å². The lowest BCUT2D eigenvalue weighted by Gasteiger charge is -2.08. The monoisotopic (exact) mass is 387 g/mol. The van der Waals surface area contributed by atoms with Crippen molar-refractivity contribution >= 4 is 44.2 Å². The van der Waals surface area contributed by atoms with E-state index in [0.717, 1.165) is 11.0 Å². The summed E-state index contributed by atoms with van der Waals surface area (Å²) in [5.74, 6) is 0. The van der Waals surface area contributed by atoms with Crippen LogP contribution in [0.3, 0.4) is 0 Å². The molecule has 0 aromatic heterocycles. The second kappa shape index (κ2) is 5.68. The van der Waals surface area contributed by atoms with Crippen molar-refractivity contribution < 1.29 is 0 Å². The molecule has 0 fully saturated rings. The summed E-state index contributed by atoms with van der Waals surface area (Å²) in [6.45, 7) is 0.847. The van der Waals surface area contributed by atoms with Gasteiger partial charge in [-0.25, -0.2) is 0 Å². The molecule has 0 aliphatic rings. The van der Waals surface area contributed by atoms with Crippen LogP contribution < -0.4 is 5.32 Å². The molecular weight excluding hydrogens is 377 g/mol. The van der Waals surface area contributed by atoms with Gasteiger partial charge >= 0.3 is 0 Å². The van der Waals surface area contributed by atoms with Crippen molar-refractivity contribution in [3.05, 3.63) is 62.1 Å². The molecule has 0 saturated carbocycles.